The van der Waals surface area contributed by atoms with Crippen molar-refractivity contribution in [2.45, 2.75) is 13.2 Å². The lowest BCUT2D eigenvalue weighted by Gasteiger charge is -2.16. The molecule has 0 radical (unpaired) electrons. The van der Waals surface area contributed by atoms with Gasteiger partial charge in [-0.1, -0.05) is 26.3 Å². The predicted octanol–water partition coefficient (Wildman–Crippen LogP) is 3.85. The van der Waals surface area contributed by atoms with Gasteiger partial charge in [-0.3, -0.25) is 0 Å². The fourth-order valence-electron chi connectivity index (χ4n) is 2.74. The van der Waals surface area contributed by atoms with Crippen molar-refractivity contribution in [1.82, 2.24) is 0 Å². The van der Waals surface area contributed by atoms with Crippen molar-refractivity contribution in [2.24, 2.45) is 0 Å². The van der Waals surface area contributed by atoms with E-state index in [9.17, 15) is 24.3 Å². The van der Waals surface area contributed by atoms with Gasteiger partial charge in [0.15, 0.2) is 11.5 Å². The summed E-state index contributed by atoms with van der Waals surface area (Å²) in [5, 5.41) is 10.6. The van der Waals surface area contributed by atoms with Gasteiger partial charge in [-0.05, 0) is 48.4 Å². The summed E-state index contributed by atoms with van der Waals surface area (Å²) in [4.78, 5) is 46.5. The Morgan fingerprint density at radius 3 is 1.66 bits per heavy atom. The molecule has 10 nitrogen and oxygen atoms in total. The molecule has 0 amide bonds. The normalized spacial score (nSPS) is 11.3. The number of aliphatic hydroxyl groups is 1. The minimum atomic E-state index is -1.57. The monoisotopic (exact) mass is 520 g/mol. The van der Waals surface area contributed by atoms with E-state index in [1.54, 1.807) is 6.92 Å². The number of hydrogen-bond donors (Lipinski definition) is 1. The third-order valence-electron chi connectivity index (χ3n) is 4.42. The molecule has 0 fully saturated rings. The SMILES string of the molecule is C=CC(=O)Oc1cc(OC(=O)C=C)cc(/C(C)=C/C(O)Oc2ccc(OC(=O)C=C)cc2OC(=O)C=C)c1. The predicted molar refractivity (Wildman–Crippen MR) is 136 cm³/mol. The molecular formula is C28H24O10. The number of esters is 4. The zero-order chi connectivity index (χ0) is 28.2. The topological polar surface area (TPSA) is 135 Å². The van der Waals surface area contributed by atoms with Crippen molar-refractivity contribution in [3.63, 3.8) is 0 Å². The molecule has 2 rings (SSSR count). The first-order chi connectivity index (χ1) is 18.1. The van der Waals surface area contributed by atoms with Gasteiger partial charge in [0.2, 0.25) is 6.29 Å². The van der Waals surface area contributed by atoms with Crippen LogP contribution < -0.4 is 23.7 Å². The van der Waals surface area contributed by atoms with Crippen LogP contribution in [0.3, 0.4) is 0 Å². The van der Waals surface area contributed by atoms with E-state index in [4.69, 9.17) is 23.7 Å². The Labute approximate surface area is 218 Å². The molecule has 0 heterocycles. The van der Waals surface area contributed by atoms with Crippen LogP contribution in [0.25, 0.3) is 5.57 Å². The number of allylic oxidation sites excluding steroid dienone is 1. The third kappa shape index (κ3) is 8.77. The van der Waals surface area contributed by atoms with Crippen molar-refractivity contribution in [2.75, 3.05) is 0 Å². The van der Waals surface area contributed by atoms with Crippen LogP contribution in [-0.2, 0) is 19.2 Å². The highest BCUT2D eigenvalue weighted by atomic mass is 16.6. The van der Waals surface area contributed by atoms with Crippen molar-refractivity contribution >= 4 is 29.5 Å². The maximum Gasteiger partial charge on any atom is 0.335 e. The molecule has 2 aromatic rings. The van der Waals surface area contributed by atoms with Crippen molar-refractivity contribution in [3.8, 4) is 28.7 Å². The van der Waals surface area contributed by atoms with Crippen LogP contribution in [0.4, 0.5) is 0 Å². The zero-order valence-electron chi connectivity index (χ0n) is 20.4. The van der Waals surface area contributed by atoms with Crippen molar-refractivity contribution < 1.29 is 48.0 Å². The number of carbonyl (C=O) groups excluding carboxylic acids is 4. The lowest BCUT2D eigenvalue weighted by Crippen LogP contribution is -2.15. The molecule has 1 N–H and O–H groups in total. The molecule has 0 bridgehead atoms. The molecule has 1 atom stereocenters. The number of rotatable bonds is 12. The second kappa shape index (κ2) is 13.8. The van der Waals surface area contributed by atoms with E-state index in [1.165, 1.54) is 42.5 Å². The number of aliphatic hydroxyl groups excluding tert-OH is 1. The second-order valence-corrected chi connectivity index (χ2v) is 7.16. The van der Waals surface area contributed by atoms with E-state index in [1.807, 2.05) is 0 Å². The van der Waals surface area contributed by atoms with Crippen LogP contribution in [0.1, 0.15) is 12.5 Å². The van der Waals surface area contributed by atoms with Gasteiger partial charge >= 0.3 is 23.9 Å². The number of hydrogen-bond acceptors (Lipinski definition) is 10. The molecule has 0 saturated carbocycles. The van der Waals surface area contributed by atoms with Crippen LogP contribution >= 0.6 is 0 Å². The summed E-state index contributed by atoms with van der Waals surface area (Å²) < 4.78 is 25.9. The molecule has 196 valence electrons. The highest BCUT2D eigenvalue weighted by molar-refractivity contribution is 5.86. The Morgan fingerprint density at radius 2 is 1.16 bits per heavy atom. The van der Waals surface area contributed by atoms with E-state index in [2.05, 4.69) is 26.3 Å². The average molecular weight is 520 g/mol. The molecule has 0 aromatic heterocycles. The van der Waals surface area contributed by atoms with Gasteiger partial charge in [0.25, 0.3) is 0 Å². The summed E-state index contributed by atoms with van der Waals surface area (Å²) in [6.45, 7) is 14.9. The molecule has 1 unspecified atom stereocenters. The average Bonchev–Trinajstić information content (AvgIpc) is 2.89. The number of carbonyl (C=O) groups is 4. The zero-order valence-corrected chi connectivity index (χ0v) is 20.4. The molecule has 38 heavy (non-hydrogen) atoms. The Kier molecular flexibility index (Phi) is 10.5. The van der Waals surface area contributed by atoms with Crippen LogP contribution in [0.2, 0.25) is 0 Å². The molecular weight excluding hydrogens is 496 g/mol. The Hall–Kier alpha value is -5.22. The summed E-state index contributed by atoms with van der Waals surface area (Å²) in [5.74, 6) is -3.14. The molecule has 0 aliphatic heterocycles. The fourth-order valence-corrected chi connectivity index (χ4v) is 2.74. The second-order valence-electron chi connectivity index (χ2n) is 7.16. The highest BCUT2D eigenvalue weighted by Gasteiger charge is 2.16. The van der Waals surface area contributed by atoms with Crippen molar-refractivity contribution in [3.05, 3.63) is 98.7 Å². The molecule has 2 aromatic carbocycles. The first kappa shape index (κ1) is 29.0. The van der Waals surface area contributed by atoms with Gasteiger partial charge in [-0.25, -0.2) is 19.2 Å². The maximum absolute atomic E-state index is 11.8. The van der Waals surface area contributed by atoms with E-state index in [-0.39, 0.29) is 28.7 Å². The van der Waals surface area contributed by atoms with E-state index < -0.39 is 30.2 Å². The molecule has 0 saturated heterocycles. The first-order valence-electron chi connectivity index (χ1n) is 10.8. The molecule has 10 heteroatoms. The van der Waals surface area contributed by atoms with Crippen LogP contribution in [0, 0.1) is 0 Å². The van der Waals surface area contributed by atoms with Crippen LogP contribution in [0.15, 0.2) is 93.1 Å². The van der Waals surface area contributed by atoms with E-state index in [0.717, 1.165) is 24.3 Å². The van der Waals surface area contributed by atoms with Crippen molar-refractivity contribution in [1.29, 1.82) is 0 Å². The van der Waals surface area contributed by atoms with Gasteiger partial charge in [-0.2, -0.15) is 0 Å². The smallest absolute Gasteiger partial charge is 0.335 e. The third-order valence-corrected chi connectivity index (χ3v) is 4.42. The maximum atomic E-state index is 11.8. The lowest BCUT2D eigenvalue weighted by molar-refractivity contribution is -0.130. The molecule has 0 spiro atoms. The van der Waals surface area contributed by atoms with Gasteiger partial charge < -0.3 is 28.8 Å². The minimum absolute atomic E-state index is 0.0304. The highest BCUT2D eigenvalue weighted by Crippen LogP contribution is 2.33. The molecule has 0 aliphatic rings. The van der Waals surface area contributed by atoms with E-state index >= 15 is 0 Å². The minimum Gasteiger partial charge on any atom is -0.458 e. The summed E-state index contributed by atoms with van der Waals surface area (Å²) in [7, 11) is 0. The largest absolute Gasteiger partial charge is 0.458 e. The van der Waals surface area contributed by atoms with Gasteiger partial charge in [0, 0.05) is 36.4 Å². The summed E-state index contributed by atoms with van der Waals surface area (Å²) in [6.07, 6.45) is 3.50. The fraction of sp³-hybridized carbons (Fsp3) is 0.0714. The standard InChI is InChI=1S/C28H24O10/c1-6-24(29)34-19-10-11-22(23(16-19)38-27(32)9-4)37-28(33)12-17(5)18-13-20(35-25(30)7-2)15-21(14-18)36-26(31)8-3/h6-16,28,33H,1-4H2,5H3/b17-12+. The van der Waals surface area contributed by atoms with Gasteiger partial charge in [-0.15, -0.1) is 0 Å². The van der Waals surface area contributed by atoms with Gasteiger partial charge in [0.1, 0.15) is 17.2 Å². The Bertz CT molecular complexity index is 1280. The number of benzene rings is 2. The first-order valence-corrected chi connectivity index (χ1v) is 10.8. The quantitative estimate of drug-likeness (QED) is 0.190. The van der Waals surface area contributed by atoms with E-state index in [0.29, 0.717) is 11.1 Å². The number of ether oxygens (including phenoxy) is 5. The summed E-state index contributed by atoms with van der Waals surface area (Å²) in [6, 6.07) is 8.11. The lowest BCUT2D eigenvalue weighted by atomic mass is 10.1. The molecule has 0 aliphatic carbocycles. The Balaban J connectivity index is 2.37. The summed E-state index contributed by atoms with van der Waals surface area (Å²) >= 11 is 0. The Morgan fingerprint density at radius 1 is 0.684 bits per heavy atom. The van der Waals surface area contributed by atoms with Crippen LogP contribution in [0.5, 0.6) is 28.7 Å². The summed E-state index contributed by atoms with van der Waals surface area (Å²) in [5.41, 5.74) is 0.824. The van der Waals surface area contributed by atoms with Crippen LogP contribution in [-0.4, -0.2) is 35.3 Å². The van der Waals surface area contributed by atoms with Gasteiger partial charge in [0.05, 0.1) is 0 Å².